The average Bonchev–Trinajstić information content (AvgIpc) is 1.86. The first kappa shape index (κ1) is 10.4. The van der Waals surface area contributed by atoms with Crippen molar-refractivity contribution in [2.45, 2.75) is 25.5 Å². The van der Waals surface area contributed by atoms with Crippen molar-refractivity contribution < 1.29 is 14.6 Å². The molecule has 1 unspecified atom stereocenters. The predicted molar refractivity (Wildman–Crippen MR) is 41.2 cm³/mol. The molecule has 0 spiro atoms. The number of hydrogen-bond acceptors (Lipinski definition) is 4. The van der Waals surface area contributed by atoms with Crippen LogP contribution in [-0.4, -0.2) is 36.9 Å². The van der Waals surface area contributed by atoms with Gasteiger partial charge in [0.1, 0.15) is 6.04 Å². The average molecular weight is 161 g/mol. The molecule has 0 bridgehead atoms. The quantitative estimate of drug-likeness (QED) is 0.549. The summed E-state index contributed by atoms with van der Waals surface area (Å²) < 4.78 is 4.47. The second kappa shape index (κ2) is 3.69. The van der Waals surface area contributed by atoms with Crippen molar-refractivity contribution in [1.29, 1.82) is 0 Å². The largest absolute Gasteiger partial charge is 0.468 e. The van der Waals surface area contributed by atoms with E-state index in [1.807, 2.05) is 0 Å². The second-order valence-corrected chi connectivity index (χ2v) is 2.90. The van der Waals surface area contributed by atoms with Gasteiger partial charge in [-0.2, -0.15) is 0 Å². The van der Waals surface area contributed by atoms with E-state index >= 15 is 0 Å². The van der Waals surface area contributed by atoms with E-state index in [9.17, 15) is 9.90 Å². The summed E-state index contributed by atoms with van der Waals surface area (Å²) in [6.07, 6.45) is 0. The zero-order valence-electron chi connectivity index (χ0n) is 7.34. The Morgan fingerprint density at radius 1 is 1.64 bits per heavy atom. The number of carbonyl (C=O) groups excluding carboxylic acids is 1. The van der Waals surface area contributed by atoms with Gasteiger partial charge in [-0.1, -0.05) is 0 Å². The van der Waals surface area contributed by atoms with Crippen molar-refractivity contribution in [3.63, 3.8) is 0 Å². The van der Waals surface area contributed by atoms with Crippen molar-refractivity contribution in [2.24, 2.45) is 0 Å². The lowest BCUT2D eigenvalue weighted by Gasteiger charge is -2.26. The summed E-state index contributed by atoms with van der Waals surface area (Å²) in [7, 11) is 2.89. The highest BCUT2D eigenvalue weighted by molar-refractivity contribution is 5.77. The molecule has 0 saturated heterocycles. The van der Waals surface area contributed by atoms with Crippen LogP contribution in [0.4, 0.5) is 0 Å². The number of ether oxygens (including phenoxy) is 1. The van der Waals surface area contributed by atoms with Crippen LogP contribution >= 0.6 is 0 Å². The first-order valence-corrected chi connectivity index (χ1v) is 3.41. The molecule has 0 aliphatic rings. The van der Waals surface area contributed by atoms with Gasteiger partial charge in [0, 0.05) is 0 Å². The van der Waals surface area contributed by atoms with Crippen LogP contribution in [-0.2, 0) is 9.53 Å². The van der Waals surface area contributed by atoms with Gasteiger partial charge in [-0.15, -0.1) is 0 Å². The van der Waals surface area contributed by atoms with Crippen molar-refractivity contribution in [2.75, 3.05) is 14.2 Å². The maximum absolute atomic E-state index is 10.9. The van der Waals surface area contributed by atoms with Crippen molar-refractivity contribution in [3.8, 4) is 0 Å². The first-order valence-electron chi connectivity index (χ1n) is 3.41. The van der Waals surface area contributed by atoms with E-state index < -0.39 is 17.6 Å². The number of methoxy groups -OCH3 is 1. The Morgan fingerprint density at radius 2 is 2.09 bits per heavy atom. The zero-order valence-corrected chi connectivity index (χ0v) is 7.34. The third-order valence-corrected chi connectivity index (χ3v) is 1.43. The summed E-state index contributed by atoms with van der Waals surface area (Å²) in [5.74, 6) is -0.458. The van der Waals surface area contributed by atoms with Crippen LogP contribution in [0.15, 0.2) is 0 Å². The molecular formula is C7H15NO3. The molecule has 0 fully saturated rings. The number of carbonyl (C=O) groups is 1. The van der Waals surface area contributed by atoms with Gasteiger partial charge in [0.15, 0.2) is 0 Å². The van der Waals surface area contributed by atoms with Crippen LogP contribution < -0.4 is 5.32 Å². The number of nitrogens with one attached hydrogen (secondary N) is 1. The second-order valence-electron chi connectivity index (χ2n) is 2.90. The zero-order chi connectivity index (χ0) is 9.07. The summed E-state index contributed by atoms with van der Waals surface area (Å²) in [6, 6.07) is -0.674. The minimum Gasteiger partial charge on any atom is -0.468 e. The van der Waals surface area contributed by atoms with Crippen LogP contribution in [0.25, 0.3) is 0 Å². The standard InChI is InChI=1S/C7H15NO3/c1-7(2,10)5(8-3)6(9)11-4/h5,8,10H,1-4H3. The molecule has 0 radical (unpaired) electrons. The molecule has 11 heavy (non-hydrogen) atoms. The van der Waals surface area contributed by atoms with Crippen molar-refractivity contribution >= 4 is 5.97 Å². The van der Waals surface area contributed by atoms with Crippen LogP contribution in [0.3, 0.4) is 0 Å². The summed E-state index contributed by atoms with van der Waals surface area (Å²) in [4.78, 5) is 10.9. The lowest BCUT2D eigenvalue weighted by Crippen LogP contribution is -2.51. The van der Waals surface area contributed by atoms with Crippen LogP contribution in [0, 0.1) is 0 Å². The molecule has 0 amide bonds. The van der Waals surface area contributed by atoms with Gasteiger partial charge in [-0.25, -0.2) is 0 Å². The molecule has 0 aromatic carbocycles. The molecule has 1 atom stereocenters. The van der Waals surface area contributed by atoms with Gasteiger partial charge in [0.25, 0.3) is 0 Å². The van der Waals surface area contributed by atoms with E-state index in [1.165, 1.54) is 7.11 Å². The van der Waals surface area contributed by atoms with E-state index in [2.05, 4.69) is 10.1 Å². The summed E-state index contributed by atoms with van der Waals surface area (Å²) in [5.41, 5.74) is -1.10. The predicted octanol–water partition coefficient (Wildman–Crippen LogP) is -0.482. The fourth-order valence-corrected chi connectivity index (χ4v) is 0.877. The Morgan fingerprint density at radius 3 is 2.18 bits per heavy atom. The third kappa shape index (κ3) is 2.86. The highest BCUT2D eigenvalue weighted by atomic mass is 16.5. The van der Waals surface area contributed by atoms with E-state index in [1.54, 1.807) is 20.9 Å². The van der Waals surface area contributed by atoms with Gasteiger partial charge >= 0.3 is 5.97 Å². The lowest BCUT2D eigenvalue weighted by molar-refractivity contribution is -0.149. The summed E-state index contributed by atoms with van der Waals surface area (Å²) >= 11 is 0. The highest BCUT2D eigenvalue weighted by Gasteiger charge is 2.32. The molecular weight excluding hydrogens is 146 g/mol. The Kier molecular flexibility index (Phi) is 3.48. The molecule has 0 saturated carbocycles. The topological polar surface area (TPSA) is 58.6 Å². The monoisotopic (exact) mass is 161 g/mol. The van der Waals surface area contributed by atoms with Gasteiger partial charge in [0.2, 0.25) is 0 Å². The molecule has 0 aromatic heterocycles. The Bertz CT molecular complexity index is 139. The molecule has 0 rings (SSSR count). The van der Waals surface area contributed by atoms with Gasteiger partial charge in [-0.3, -0.25) is 4.79 Å². The maximum Gasteiger partial charge on any atom is 0.325 e. The summed E-state index contributed by atoms with van der Waals surface area (Å²) in [5, 5.41) is 12.1. The summed E-state index contributed by atoms with van der Waals surface area (Å²) in [6.45, 7) is 3.09. The number of hydrogen-bond donors (Lipinski definition) is 2. The Labute approximate surface area is 66.5 Å². The maximum atomic E-state index is 10.9. The fraction of sp³-hybridized carbons (Fsp3) is 0.857. The molecule has 4 heteroatoms. The lowest BCUT2D eigenvalue weighted by atomic mass is 9.99. The molecule has 4 nitrogen and oxygen atoms in total. The number of rotatable bonds is 3. The smallest absolute Gasteiger partial charge is 0.325 e. The van der Waals surface area contributed by atoms with Crippen LogP contribution in [0.5, 0.6) is 0 Å². The van der Waals surface area contributed by atoms with Gasteiger partial charge < -0.3 is 15.2 Å². The van der Waals surface area contributed by atoms with Crippen molar-refractivity contribution in [1.82, 2.24) is 5.32 Å². The molecule has 0 aliphatic heterocycles. The van der Waals surface area contributed by atoms with Gasteiger partial charge in [-0.05, 0) is 20.9 Å². The van der Waals surface area contributed by atoms with Crippen molar-refractivity contribution in [3.05, 3.63) is 0 Å². The minimum absolute atomic E-state index is 0.458. The van der Waals surface area contributed by atoms with E-state index in [-0.39, 0.29) is 0 Å². The first-order chi connectivity index (χ1) is 4.93. The van der Waals surface area contributed by atoms with Gasteiger partial charge in [0.05, 0.1) is 12.7 Å². The minimum atomic E-state index is -1.10. The Hall–Kier alpha value is -0.610. The molecule has 2 N–H and O–H groups in total. The van der Waals surface area contributed by atoms with E-state index in [0.29, 0.717) is 0 Å². The number of esters is 1. The molecule has 0 aliphatic carbocycles. The van der Waals surface area contributed by atoms with Crippen LogP contribution in [0.2, 0.25) is 0 Å². The molecule has 0 heterocycles. The molecule has 0 aromatic rings. The Balaban J connectivity index is 4.29. The van der Waals surface area contributed by atoms with E-state index in [4.69, 9.17) is 0 Å². The highest BCUT2D eigenvalue weighted by Crippen LogP contribution is 2.08. The number of aliphatic hydroxyl groups is 1. The SMILES string of the molecule is CNC(C(=O)OC)C(C)(C)O. The molecule has 66 valence electrons. The number of likely N-dealkylation sites (N-methyl/N-ethyl adjacent to an activating group) is 1. The van der Waals surface area contributed by atoms with E-state index in [0.717, 1.165) is 0 Å². The normalized spacial score (nSPS) is 14.3. The van der Waals surface area contributed by atoms with Crippen LogP contribution in [0.1, 0.15) is 13.8 Å². The fourth-order valence-electron chi connectivity index (χ4n) is 0.877. The third-order valence-electron chi connectivity index (χ3n) is 1.43.